The first-order chi connectivity index (χ1) is 17.1. The summed E-state index contributed by atoms with van der Waals surface area (Å²) in [4.78, 5) is 82.7. The van der Waals surface area contributed by atoms with Gasteiger partial charge in [-0.05, 0) is 0 Å². The van der Waals surface area contributed by atoms with E-state index >= 15 is 0 Å². The van der Waals surface area contributed by atoms with Crippen LogP contribution in [0.4, 0.5) is 11.5 Å². The Hall–Kier alpha value is -4.28. The molecule has 17 heteroatoms. The van der Waals surface area contributed by atoms with Gasteiger partial charge in [0.25, 0.3) is 0 Å². The summed E-state index contributed by atoms with van der Waals surface area (Å²) in [5.41, 5.74) is -3.23. The van der Waals surface area contributed by atoms with Gasteiger partial charge in [-0.1, -0.05) is 0 Å². The quantitative estimate of drug-likeness (QED) is 0.175. The van der Waals surface area contributed by atoms with E-state index in [1.54, 1.807) is 0 Å². The number of hydrogen-bond acceptors (Lipinski definition) is 14. The van der Waals surface area contributed by atoms with E-state index < -0.39 is 88.8 Å². The summed E-state index contributed by atoms with van der Waals surface area (Å²) in [5.74, 6) is -4.02. The Bertz CT molecular complexity index is 1220. The normalized spacial score (nSPS) is 22.9. The van der Waals surface area contributed by atoms with Crippen molar-refractivity contribution in [2.24, 2.45) is 14.1 Å². The molecule has 17 nitrogen and oxygen atoms in total. The third kappa shape index (κ3) is 6.69. The lowest BCUT2D eigenvalue weighted by molar-refractivity contribution is -0.386. The molecule has 2 heterocycles. The van der Waals surface area contributed by atoms with Gasteiger partial charge >= 0.3 is 40.8 Å². The molecule has 0 amide bonds. The van der Waals surface area contributed by atoms with Gasteiger partial charge in [0.2, 0.25) is 0 Å². The fourth-order valence-corrected chi connectivity index (χ4v) is 3.64. The number of aromatic nitrogens is 2. The van der Waals surface area contributed by atoms with Crippen LogP contribution in [-0.4, -0.2) is 75.2 Å². The molecule has 0 bridgehead atoms. The van der Waals surface area contributed by atoms with Gasteiger partial charge in [0, 0.05) is 41.8 Å². The Morgan fingerprint density at radius 3 is 1.89 bits per heavy atom. The molecule has 5 atom stereocenters. The Morgan fingerprint density at radius 2 is 1.41 bits per heavy atom. The zero-order valence-corrected chi connectivity index (χ0v) is 20.7. The van der Waals surface area contributed by atoms with Crippen molar-refractivity contribution in [3.8, 4) is 0 Å². The van der Waals surface area contributed by atoms with Crippen LogP contribution in [0, 0.1) is 10.1 Å². The summed E-state index contributed by atoms with van der Waals surface area (Å²) >= 11 is 0. The predicted molar refractivity (Wildman–Crippen MR) is 119 cm³/mol. The van der Waals surface area contributed by atoms with Crippen molar-refractivity contribution in [3.05, 3.63) is 31.0 Å². The first kappa shape index (κ1) is 29.0. The third-order valence-corrected chi connectivity index (χ3v) is 5.09. The molecular formula is C20H26N4O13. The van der Waals surface area contributed by atoms with E-state index in [9.17, 15) is 38.9 Å². The lowest BCUT2D eigenvalue weighted by Crippen LogP contribution is -2.64. The number of carbonyl (C=O) groups excluding carboxylic acids is 4. The first-order valence-electron chi connectivity index (χ1n) is 10.7. The SMILES string of the molecule is CC(=O)OC[C@H]1O[C@@H](Nc2c([N+](=O)[O-])c(=O)n(C)c(=O)n2C)[C@H](OC(C)=O)[C@@H](OC(C)=O)[C@@H]1OC(C)=O. The van der Waals surface area contributed by atoms with Crippen LogP contribution < -0.4 is 16.6 Å². The number of rotatable bonds is 8. The van der Waals surface area contributed by atoms with Gasteiger partial charge in [0.1, 0.15) is 12.7 Å². The average molecular weight is 530 g/mol. The number of ether oxygens (including phenoxy) is 5. The van der Waals surface area contributed by atoms with Crippen molar-refractivity contribution in [3.63, 3.8) is 0 Å². The number of carbonyl (C=O) groups is 4. The Labute approximate surface area is 208 Å². The smallest absolute Gasteiger partial charge is 0.374 e. The Kier molecular flexibility index (Phi) is 9.11. The molecule has 0 aliphatic carbocycles. The fraction of sp³-hybridized carbons (Fsp3) is 0.600. The van der Waals surface area contributed by atoms with Crippen LogP contribution in [0.3, 0.4) is 0 Å². The lowest BCUT2D eigenvalue weighted by Gasteiger charge is -2.44. The van der Waals surface area contributed by atoms with E-state index in [4.69, 9.17) is 23.7 Å². The van der Waals surface area contributed by atoms with Crippen LogP contribution in [0.15, 0.2) is 9.59 Å². The predicted octanol–water partition coefficient (Wildman–Crippen LogP) is -1.51. The van der Waals surface area contributed by atoms with Crippen LogP contribution in [-0.2, 0) is 57.0 Å². The van der Waals surface area contributed by atoms with E-state index in [2.05, 4.69) is 5.32 Å². The van der Waals surface area contributed by atoms with Crippen LogP contribution in [0.2, 0.25) is 0 Å². The number of anilines is 1. The molecule has 0 spiro atoms. The highest BCUT2D eigenvalue weighted by Gasteiger charge is 2.53. The maximum absolute atomic E-state index is 12.5. The highest BCUT2D eigenvalue weighted by molar-refractivity contribution is 5.69. The molecule has 204 valence electrons. The minimum atomic E-state index is -1.64. The average Bonchev–Trinajstić information content (AvgIpc) is 2.77. The number of nitrogens with zero attached hydrogens (tertiary/aromatic N) is 3. The Balaban J connectivity index is 2.71. The van der Waals surface area contributed by atoms with Gasteiger partial charge in [0.15, 0.2) is 30.4 Å². The van der Waals surface area contributed by atoms with E-state index in [1.165, 1.54) is 0 Å². The van der Waals surface area contributed by atoms with Crippen LogP contribution >= 0.6 is 0 Å². The molecule has 1 aromatic heterocycles. The summed E-state index contributed by atoms with van der Waals surface area (Å²) in [6, 6.07) is 0. The van der Waals surface area contributed by atoms with E-state index in [1.807, 2.05) is 0 Å². The van der Waals surface area contributed by atoms with Gasteiger partial charge in [-0.25, -0.2) is 4.79 Å². The molecule has 2 rings (SSSR count). The maximum atomic E-state index is 12.5. The minimum absolute atomic E-state index is 0.510. The summed E-state index contributed by atoms with van der Waals surface area (Å²) in [6.45, 7) is 3.60. The molecule has 1 fully saturated rings. The summed E-state index contributed by atoms with van der Waals surface area (Å²) in [5, 5.41) is 14.2. The van der Waals surface area contributed by atoms with Gasteiger partial charge in [-0.3, -0.25) is 43.2 Å². The summed E-state index contributed by atoms with van der Waals surface area (Å²) in [7, 11) is 2.16. The fourth-order valence-electron chi connectivity index (χ4n) is 3.64. The van der Waals surface area contributed by atoms with Crippen molar-refractivity contribution in [2.45, 2.75) is 58.3 Å². The molecule has 1 aliphatic heterocycles. The zero-order chi connectivity index (χ0) is 28.2. The van der Waals surface area contributed by atoms with Crippen molar-refractivity contribution in [1.29, 1.82) is 0 Å². The molecule has 37 heavy (non-hydrogen) atoms. The summed E-state index contributed by atoms with van der Waals surface area (Å²) < 4.78 is 27.8. The first-order valence-corrected chi connectivity index (χ1v) is 10.7. The number of nitro groups is 1. The molecule has 1 aromatic rings. The largest absolute Gasteiger partial charge is 0.463 e. The molecule has 0 saturated carbocycles. The van der Waals surface area contributed by atoms with Crippen LogP contribution in [0.1, 0.15) is 27.7 Å². The van der Waals surface area contributed by atoms with Gasteiger partial charge in [0.05, 0.1) is 4.92 Å². The number of nitrogens with one attached hydrogen (secondary N) is 1. The topological polar surface area (TPSA) is 214 Å². The zero-order valence-electron chi connectivity index (χ0n) is 20.7. The lowest BCUT2D eigenvalue weighted by atomic mass is 9.97. The molecule has 1 N–H and O–H groups in total. The number of esters is 4. The molecule has 0 unspecified atom stereocenters. The molecule has 1 aliphatic rings. The maximum Gasteiger partial charge on any atom is 0.374 e. The standard InChI is InChI=1S/C20H26N4O13/c1-8(25)33-7-12-14(34-9(2)26)15(35-10(3)27)16(36-11(4)28)18(37-12)21-17-13(24(31)32)19(29)23(6)20(30)22(17)5/h12,14-16,18,21H,7H2,1-6H3/t12-,14-,15+,16-,18-/m1/s1. The summed E-state index contributed by atoms with van der Waals surface area (Å²) in [6.07, 6.45) is -7.66. The van der Waals surface area contributed by atoms with Crippen LogP contribution in [0.25, 0.3) is 0 Å². The van der Waals surface area contributed by atoms with Crippen LogP contribution in [0.5, 0.6) is 0 Å². The van der Waals surface area contributed by atoms with Gasteiger partial charge in [-0.15, -0.1) is 0 Å². The molecule has 0 aromatic carbocycles. The van der Waals surface area contributed by atoms with E-state index in [0.717, 1.165) is 46.4 Å². The highest BCUT2D eigenvalue weighted by atomic mass is 16.7. The second kappa shape index (κ2) is 11.6. The van der Waals surface area contributed by atoms with E-state index in [0.29, 0.717) is 4.57 Å². The third-order valence-electron chi connectivity index (χ3n) is 5.09. The Morgan fingerprint density at radius 1 is 0.892 bits per heavy atom. The second-order valence-corrected chi connectivity index (χ2v) is 7.92. The van der Waals surface area contributed by atoms with Crippen molar-refractivity contribution in [2.75, 3.05) is 11.9 Å². The highest BCUT2D eigenvalue weighted by Crippen LogP contribution is 2.31. The van der Waals surface area contributed by atoms with Crippen molar-refractivity contribution >= 4 is 35.4 Å². The number of hydrogen-bond donors (Lipinski definition) is 1. The van der Waals surface area contributed by atoms with Gasteiger partial charge in [-0.2, -0.15) is 0 Å². The van der Waals surface area contributed by atoms with Crippen molar-refractivity contribution < 1.29 is 47.8 Å². The molecule has 1 saturated heterocycles. The second-order valence-electron chi connectivity index (χ2n) is 7.92. The molecule has 0 radical (unpaired) electrons. The van der Waals surface area contributed by atoms with Crippen molar-refractivity contribution in [1.82, 2.24) is 9.13 Å². The van der Waals surface area contributed by atoms with Gasteiger partial charge < -0.3 is 29.0 Å². The minimum Gasteiger partial charge on any atom is -0.463 e. The monoisotopic (exact) mass is 530 g/mol. The van der Waals surface area contributed by atoms with E-state index in [-0.39, 0.29) is 0 Å². The molecular weight excluding hydrogens is 504 g/mol.